The van der Waals surface area contributed by atoms with Crippen LogP contribution < -0.4 is 21.7 Å². The first-order valence-corrected chi connectivity index (χ1v) is 21.0. The molecule has 0 bridgehead atoms. The lowest BCUT2D eigenvalue weighted by molar-refractivity contribution is -0.577. The highest BCUT2D eigenvalue weighted by Crippen LogP contribution is 2.33. The van der Waals surface area contributed by atoms with Crippen molar-refractivity contribution < 1.29 is 43.1 Å². The summed E-state index contributed by atoms with van der Waals surface area (Å²) in [6.45, 7) is 4.44. The number of anilines is 1. The summed E-state index contributed by atoms with van der Waals surface area (Å²) in [6, 6.07) is 7.42. The molecular formula is C44H55ClF2N9O6+. The molecule has 1 fully saturated rings. The van der Waals surface area contributed by atoms with Crippen molar-refractivity contribution in [3.8, 4) is 22.4 Å². The Kier molecular flexibility index (Phi) is 17.5. The quantitative estimate of drug-likeness (QED) is 0.0561. The fourth-order valence-corrected chi connectivity index (χ4v) is 7.51. The first-order chi connectivity index (χ1) is 29.8. The van der Waals surface area contributed by atoms with E-state index in [2.05, 4.69) is 26.8 Å². The molecule has 7 N–H and O–H groups in total. The number of nitrogens with one attached hydrogen (secondary N) is 2. The average Bonchev–Trinajstić information content (AvgIpc) is 3.82. The van der Waals surface area contributed by atoms with Crippen LogP contribution in [0.25, 0.3) is 22.4 Å². The number of piperidine rings is 1. The molecule has 0 atom stereocenters. The number of nitrogens with two attached hydrogens (primary N) is 2. The van der Waals surface area contributed by atoms with Crippen LogP contribution in [0.5, 0.6) is 0 Å². The van der Waals surface area contributed by atoms with Crippen molar-refractivity contribution in [2.75, 3.05) is 51.8 Å². The normalized spacial score (nSPS) is 13.5. The zero-order valence-electron chi connectivity index (χ0n) is 35.3. The molecule has 62 heavy (non-hydrogen) atoms. The number of aromatic nitrogens is 4. The van der Waals surface area contributed by atoms with E-state index in [0.717, 1.165) is 31.3 Å². The molecule has 18 heteroatoms. The molecule has 0 unspecified atom stereocenters. The van der Waals surface area contributed by atoms with Crippen LogP contribution in [-0.4, -0.2) is 99.5 Å². The van der Waals surface area contributed by atoms with Crippen LogP contribution in [0.3, 0.4) is 0 Å². The Morgan fingerprint density at radius 1 is 1.05 bits per heavy atom. The zero-order valence-corrected chi connectivity index (χ0v) is 36.0. The molecule has 2 aromatic heterocycles. The molecule has 0 radical (unpaired) electrons. The van der Waals surface area contributed by atoms with Gasteiger partial charge in [-0.2, -0.15) is 5.10 Å². The van der Waals surface area contributed by atoms with Crippen molar-refractivity contribution in [3.05, 3.63) is 100 Å². The minimum Gasteiger partial charge on any atom is -0.477 e. The van der Waals surface area contributed by atoms with Gasteiger partial charge in [-0.1, -0.05) is 23.7 Å². The van der Waals surface area contributed by atoms with Crippen LogP contribution in [0.2, 0.25) is 5.02 Å². The molecule has 15 nitrogen and oxygen atoms in total. The van der Waals surface area contributed by atoms with Gasteiger partial charge in [0, 0.05) is 67.8 Å². The highest BCUT2D eigenvalue weighted by molar-refractivity contribution is 6.34. The Balaban J connectivity index is 1.12. The molecule has 1 aliphatic rings. The second-order valence-electron chi connectivity index (χ2n) is 15.0. The van der Waals surface area contributed by atoms with E-state index in [1.54, 1.807) is 41.2 Å². The Labute approximate surface area is 364 Å². The maximum absolute atomic E-state index is 15.6. The monoisotopic (exact) mass is 878 g/mol. The van der Waals surface area contributed by atoms with Gasteiger partial charge in [0.25, 0.3) is 11.8 Å². The second-order valence-corrected chi connectivity index (χ2v) is 15.4. The third-order valence-corrected chi connectivity index (χ3v) is 11.1. The number of halogens is 3. The van der Waals surface area contributed by atoms with E-state index in [4.69, 9.17) is 27.2 Å². The number of nitrogens with zero attached hydrogens (tertiary/aromatic N) is 5. The molecule has 0 spiro atoms. The summed E-state index contributed by atoms with van der Waals surface area (Å²) in [4.78, 5) is 56.5. The molecule has 2 aromatic carbocycles. The maximum Gasteiger partial charge on any atom is 0.359 e. The predicted octanol–water partition coefficient (Wildman–Crippen LogP) is 5.06. The van der Waals surface area contributed by atoms with Crippen LogP contribution in [0.15, 0.2) is 66.7 Å². The molecule has 332 valence electrons. The molecule has 3 heterocycles. The lowest BCUT2D eigenvalue weighted by Crippen LogP contribution is -2.80. The van der Waals surface area contributed by atoms with Gasteiger partial charge in [0.15, 0.2) is 24.0 Å². The molecule has 5 rings (SSSR count). The number of imidazole rings is 1. The second kappa shape index (κ2) is 22.9. The van der Waals surface area contributed by atoms with Crippen molar-refractivity contribution in [3.63, 3.8) is 0 Å². The fourth-order valence-electron chi connectivity index (χ4n) is 7.25. The molecule has 1 aliphatic heterocycles. The molecular weight excluding hydrogens is 824 g/mol. The topological polar surface area (TPSA) is 203 Å². The SMILES string of the molecule is COCCn1ncc(-c2ccc(-c3cnc(C(=O)Nc4ccc(C(=O)N5CCC(C(=O)NCCCC(/C=C\[NH2+]CC(=O)O)=C/CCCCN)CC5)c(Cl)c4)n3C)c(F)c2F)c1C. The number of hydrogen-bond acceptors (Lipinski definition) is 8. The predicted molar refractivity (Wildman–Crippen MR) is 231 cm³/mol. The number of carbonyl (C=O) groups excluding carboxylic acids is 3. The number of carbonyl (C=O) groups is 4. The Morgan fingerprint density at radius 2 is 1.79 bits per heavy atom. The number of amides is 3. The smallest absolute Gasteiger partial charge is 0.359 e. The van der Waals surface area contributed by atoms with Crippen LogP contribution in [0.4, 0.5) is 14.5 Å². The molecule has 3 amide bonds. The van der Waals surface area contributed by atoms with Gasteiger partial charge in [-0.3, -0.25) is 19.1 Å². The van der Waals surface area contributed by atoms with Gasteiger partial charge in [0.1, 0.15) is 0 Å². The van der Waals surface area contributed by atoms with Crippen LogP contribution in [0, 0.1) is 24.5 Å². The number of hydrogen-bond donors (Lipinski definition) is 5. The summed E-state index contributed by atoms with van der Waals surface area (Å²) >= 11 is 6.56. The summed E-state index contributed by atoms with van der Waals surface area (Å²) < 4.78 is 39.2. The highest BCUT2D eigenvalue weighted by Gasteiger charge is 2.29. The number of ether oxygens (including phenoxy) is 1. The largest absolute Gasteiger partial charge is 0.477 e. The Bertz CT molecular complexity index is 2280. The first-order valence-electron chi connectivity index (χ1n) is 20.6. The third kappa shape index (κ3) is 12.2. The number of carboxylic acids is 1. The number of carboxylic acid groups (broad SMARTS) is 1. The van der Waals surface area contributed by atoms with E-state index in [1.165, 1.54) is 48.3 Å². The van der Waals surface area contributed by atoms with Crippen molar-refractivity contribution in [2.45, 2.75) is 58.4 Å². The first kappa shape index (κ1) is 47.3. The Morgan fingerprint density at radius 3 is 2.50 bits per heavy atom. The summed E-state index contributed by atoms with van der Waals surface area (Å²) in [7, 11) is 3.08. The third-order valence-electron chi connectivity index (χ3n) is 10.8. The molecule has 0 aliphatic carbocycles. The average molecular weight is 879 g/mol. The van der Waals surface area contributed by atoms with Crippen molar-refractivity contribution in [1.82, 2.24) is 29.5 Å². The number of unbranched alkanes of at least 4 members (excludes halogenated alkanes) is 2. The van der Waals surface area contributed by atoms with Crippen molar-refractivity contribution >= 4 is 41.0 Å². The molecule has 1 saturated heterocycles. The molecule has 4 aromatic rings. The maximum atomic E-state index is 15.6. The van der Waals surface area contributed by atoms with Crippen LogP contribution in [-0.2, 0) is 27.9 Å². The fraction of sp³-hybridized carbons (Fsp3) is 0.409. The summed E-state index contributed by atoms with van der Waals surface area (Å²) in [5.74, 6) is -4.34. The number of benzene rings is 2. The standard InChI is InChI=1S/C44H54ClF2N9O6/c1-28-35(25-52-56(28)22-23-62-3)32-12-13-34(40(47)39(32)46)37-26-51-41(54(37)2)43(60)53-31-10-11-33(36(45)24-31)44(61)55-20-15-30(16-21-55)42(59)50-18-7-9-29(8-5-4-6-17-48)14-19-49-27-38(57)58/h8,10-14,19,24-26,30,49H,4-7,9,15-18,20-23,27,48H2,1-3H3,(H,50,59)(H,53,60)(H,57,58)/p+1/b19-14-,29-8-. The lowest BCUT2D eigenvalue weighted by Gasteiger charge is -2.31. The number of allylic oxidation sites excluding steroid dienone is 3. The lowest BCUT2D eigenvalue weighted by atomic mass is 9.95. The van der Waals surface area contributed by atoms with E-state index < -0.39 is 23.5 Å². The van der Waals surface area contributed by atoms with Gasteiger partial charge in [0.2, 0.25) is 5.91 Å². The van der Waals surface area contributed by atoms with E-state index >= 15 is 8.78 Å². The van der Waals surface area contributed by atoms with Gasteiger partial charge in [-0.25, -0.2) is 18.6 Å². The van der Waals surface area contributed by atoms with Crippen LogP contribution >= 0.6 is 11.6 Å². The highest BCUT2D eigenvalue weighted by atomic mass is 35.5. The van der Waals surface area contributed by atoms with Crippen LogP contribution in [0.1, 0.15) is 71.6 Å². The van der Waals surface area contributed by atoms with Crippen molar-refractivity contribution in [2.24, 2.45) is 18.7 Å². The summed E-state index contributed by atoms with van der Waals surface area (Å²) in [5, 5.41) is 20.6. The van der Waals surface area contributed by atoms with Gasteiger partial charge in [-0.15, -0.1) is 0 Å². The van der Waals surface area contributed by atoms with Crippen molar-refractivity contribution in [1.29, 1.82) is 0 Å². The minimum absolute atomic E-state index is 0.0489. The van der Waals surface area contributed by atoms with E-state index in [-0.39, 0.29) is 57.5 Å². The minimum atomic E-state index is -1.10. The summed E-state index contributed by atoms with van der Waals surface area (Å²) in [6.07, 6.45) is 13.7. The van der Waals surface area contributed by atoms with Gasteiger partial charge in [0.05, 0.1) is 48.0 Å². The summed E-state index contributed by atoms with van der Waals surface area (Å²) in [5.41, 5.74) is 8.47. The number of likely N-dealkylation sites (tertiary alicyclic amines) is 1. The number of methoxy groups -OCH3 is 1. The van der Waals surface area contributed by atoms with E-state index in [9.17, 15) is 19.2 Å². The number of quaternary nitrogens is 1. The Hall–Kier alpha value is -5.75. The van der Waals surface area contributed by atoms with Gasteiger partial charge < -0.3 is 41.0 Å². The number of rotatable bonds is 21. The number of aliphatic carboxylic acids is 1. The zero-order chi connectivity index (χ0) is 44.8. The van der Waals surface area contributed by atoms with Gasteiger partial charge >= 0.3 is 5.97 Å². The van der Waals surface area contributed by atoms with Gasteiger partial charge in [-0.05, 0) is 94.3 Å². The van der Waals surface area contributed by atoms with E-state index in [1.807, 2.05) is 6.08 Å². The molecule has 0 saturated carbocycles. The van der Waals surface area contributed by atoms with E-state index in [0.29, 0.717) is 75.5 Å².